The van der Waals surface area contributed by atoms with Crippen LogP contribution in [0.2, 0.25) is 5.02 Å². The van der Waals surface area contributed by atoms with Crippen molar-refractivity contribution in [2.75, 3.05) is 19.0 Å². The summed E-state index contributed by atoms with van der Waals surface area (Å²) in [4.78, 5) is 17.3. The summed E-state index contributed by atoms with van der Waals surface area (Å²) >= 11 is 7.48. The van der Waals surface area contributed by atoms with Crippen LogP contribution < -0.4 is 5.56 Å². The molecule has 4 nitrogen and oxygen atoms in total. The molecule has 0 radical (unpaired) electrons. The number of rotatable bonds is 7. The number of ether oxygens (including phenoxy) is 1. The molecule has 0 fully saturated rings. The van der Waals surface area contributed by atoms with Crippen LogP contribution in [0.3, 0.4) is 0 Å². The Morgan fingerprint density at radius 1 is 1.43 bits per heavy atom. The highest BCUT2D eigenvalue weighted by atomic mass is 35.5. The highest BCUT2D eigenvalue weighted by Gasteiger charge is 2.11. The number of fused-ring (bicyclic) bond motifs is 1. The van der Waals surface area contributed by atoms with E-state index in [0.717, 1.165) is 6.42 Å². The van der Waals surface area contributed by atoms with Crippen LogP contribution in [0, 0.1) is 11.8 Å². The molecule has 122 valence electrons. The molecule has 2 rings (SSSR count). The SMILES string of the molecule is CC#CCSc1nc2cc(Cl)ccc2c(=O)n1CCCOCC. The first-order valence-corrected chi connectivity index (χ1v) is 8.84. The third kappa shape index (κ3) is 4.74. The van der Waals surface area contributed by atoms with Gasteiger partial charge in [0.1, 0.15) is 0 Å². The van der Waals surface area contributed by atoms with E-state index < -0.39 is 0 Å². The first kappa shape index (κ1) is 17.9. The molecule has 0 saturated carbocycles. The van der Waals surface area contributed by atoms with Crippen LogP contribution in [0.5, 0.6) is 0 Å². The Labute approximate surface area is 145 Å². The van der Waals surface area contributed by atoms with Gasteiger partial charge in [0, 0.05) is 24.8 Å². The second-order valence-electron chi connectivity index (χ2n) is 4.78. The molecule has 0 aliphatic heterocycles. The van der Waals surface area contributed by atoms with Gasteiger partial charge in [-0.3, -0.25) is 9.36 Å². The Morgan fingerprint density at radius 3 is 3.00 bits per heavy atom. The van der Waals surface area contributed by atoms with E-state index in [0.29, 0.717) is 46.6 Å². The average molecular weight is 351 g/mol. The van der Waals surface area contributed by atoms with Crippen LogP contribution in [0.15, 0.2) is 28.2 Å². The third-order valence-corrected chi connectivity index (χ3v) is 4.30. The van der Waals surface area contributed by atoms with Crippen LogP contribution in [0.1, 0.15) is 20.3 Å². The van der Waals surface area contributed by atoms with Gasteiger partial charge in [-0.05, 0) is 38.5 Å². The summed E-state index contributed by atoms with van der Waals surface area (Å²) < 4.78 is 7.06. The van der Waals surface area contributed by atoms with Gasteiger partial charge in [0.15, 0.2) is 5.16 Å². The summed E-state index contributed by atoms with van der Waals surface area (Å²) in [5.41, 5.74) is 0.575. The molecule has 1 aromatic carbocycles. The monoisotopic (exact) mass is 350 g/mol. The van der Waals surface area contributed by atoms with Crippen LogP contribution in [0.25, 0.3) is 10.9 Å². The lowest BCUT2D eigenvalue weighted by molar-refractivity contribution is 0.140. The molecule has 1 aromatic heterocycles. The van der Waals surface area contributed by atoms with Crippen molar-refractivity contribution in [1.29, 1.82) is 0 Å². The number of halogens is 1. The zero-order valence-corrected chi connectivity index (χ0v) is 14.8. The molecular formula is C17H19ClN2O2S. The van der Waals surface area contributed by atoms with Gasteiger partial charge in [-0.2, -0.15) is 0 Å². The van der Waals surface area contributed by atoms with E-state index in [4.69, 9.17) is 16.3 Å². The largest absolute Gasteiger partial charge is 0.382 e. The van der Waals surface area contributed by atoms with Crippen LogP contribution in [0.4, 0.5) is 0 Å². The van der Waals surface area contributed by atoms with Gasteiger partial charge in [-0.15, -0.1) is 5.92 Å². The van der Waals surface area contributed by atoms with Gasteiger partial charge in [-0.25, -0.2) is 4.98 Å². The number of nitrogens with zero attached hydrogens (tertiary/aromatic N) is 2. The van der Waals surface area contributed by atoms with E-state index >= 15 is 0 Å². The smallest absolute Gasteiger partial charge is 0.262 e. The molecule has 0 amide bonds. The maximum absolute atomic E-state index is 12.7. The quantitative estimate of drug-likeness (QED) is 0.331. The fraction of sp³-hybridized carbons (Fsp3) is 0.412. The summed E-state index contributed by atoms with van der Waals surface area (Å²) in [7, 11) is 0. The Kier molecular flexibility index (Phi) is 6.97. The summed E-state index contributed by atoms with van der Waals surface area (Å²) in [6, 6.07) is 5.16. The summed E-state index contributed by atoms with van der Waals surface area (Å²) in [6.07, 6.45) is 0.765. The second kappa shape index (κ2) is 8.97. The van der Waals surface area contributed by atoms with Crippen LogP contribution in [-0.2, 0) is 11.3 Å². The highest BCUT2D eigenvalue weighted by Crippen LogP contribution is 2.20. The lowest BCUT2D eigenvalue weighted by atomic mass is 10.2. The molecule has 0 bridgehead atoms. The fourth-order valence-corrected chi connectivity index (χ4v) is 3.13. The lowest BCUT2D eigenvalue weighted by Crippen LogP contribution is -2.24. The summed E-state index contributed by atoms with van der Waals surface area (Å²) in [5.74, 6) is 6.43. The Bertz CT molecular complexity index is 793. The van der Waals surface area contributed by atoms with Crippen LogP contribution in [-0.4, -0.2) is 28.5 Å². The molecule has 0 aliphatic rings. The maximum atomic E-state index is 12.7. The standard InChI is InChI=1S/C17H19ClN2O2S/c1-3-5-11-23-17-19-15-12-13(18)7-8-14(15)16(21)20(17)9-6-10-22-4-2/h7-8,12H,4,6,9-11H2,1-2H3. The fourth-order valence-electron chi connectivity index (χ4n) is 2.12. The van der Waals surface area contributed by atoms with Crippen molar-refractivity contribution < 1.29 is 4.74 Å². The maximum Gasteiger partial charge on any atom is 0.262 e. The van der Waals surface area contributed by atoms with Crippen molar-refractivity contribution in [2.24, 2.45) is 0 Å². The molecular weight excluding hydrogens is 332 g/mol. The third-order valence-electron chi connectivity index (χ3n) is 3.21. The first-order chi connectivity index (χ1) is 11.2. The zero-order valence-electron chi connectivity index (χ0n) is 13.3. The van der Waals surface area contributed by atoms with Crippen molar-refractivity contribution in [2.45, 2.75) is 32.0 Å². The van der Waals surface area contributed by atoms with Gasteiger partial charge in [0.2, 0.25) is 0 Å². The molecule has 0 saturated heterocycles. The Balaban J connectivity index is 2.39. The Hall–Kier alpha value is -1.48. The van der Waals surface area contributed by atoms with Crippen molar-refractivity contribution in [1.82, 2.24) is 9.55 Å². The van der Waals surface area contributed by atoms with Gasteiger partial charge in [0.25, 0.3) is 5.56 Å². The van der Waals surface area contributed by atoms with E-state index in [2.05, 4.69) is 16.8 Å². The molecule has 0 unspecified atom stereocenters. The van der Waals surface area contributed by atoms with E-state index in [-0.39, 0.29) is 5.56 Å². The summed E-state index contributed by atoms with van der Waals surface area (Å²) in [6.45, 7) is 5.63. The molecule has 0 atom stereocenters. The average Bonchev–Trinajstić information content (AvgIpc) is 2.53. The normalized spacial score (nSPS) is 10.6. The number of thioether (sulfide) groups is 1. The van der Waals surface area contributed by atoms with Gasteiger partial charge >= 0.3 is 0 Å². The second-order valence-corrected chi connectivity index (χ2v) is 6.16. The molecule has 23 heavy (non-hydrogen) atoms. The number of hydrogen-bond donors (Lipinski definition) is 0. The molecule has 2 aromatic rings. The highest BCUT2D eigenvalue weighted by molar-refractivity contribution is 7.99. The van der Waals surface area contributed by atoms with Crippen molar-refractivity contribution >= 4 is 34.3 Å². The van der Waals surface area contributed by atoms with E-state index in [1.165, 1.54) is 11.8 Å². The molecule has 6 heteroatoms. The van der Waals surface area contributed by atoms with Crippen molar-refractivity contribution in [3.8, 4) is 11.8 Å². The minimum atomic E-state index is -0.0462. The van der Waals surface area contributed by atoms with Crippen LogP contribution >= 0.6 is 23.4 Å². The number of benzene rings is 1. The van der Waals surface area contributed by atoms with Crippen molar-refractivity contribution in [3.63, 3.8) is 0 Å². The molecule has 0 N–H and O–H groups in total. The molecule has 1 heterocycles. The van der Waals surface area contributed by atoms with E-state index in [1.807, 2.05) is 6.92 Å². The predicted octanol–water partition coefficient (Wildman–Crippen LogP) is 3.59. The molecule has 0 spiro atoms. The topological polar surface area (TPSA) is 44.1 Å². The van der Waals surface area contributed by atoms with Gasteiger partial charge < -0.3 is 4.74 Å². The Morgan fingerprint density at radius 2 is 2.26 bits per heavy atom. The van der Waals surface area contributed by atoms with Crippen molar-refractivity contribution in [3.05, 3.63) is 33.6 Å². The lowest BCUT2D eigenvalue weighted by Gasteiger charge is -2.12. The van der Waals surface area contributed by atoms with E-state index in [1.54, 1.807) is 29.7 Å². The van der Waals surface area contributed by atoms with Gasteiger partial charge in [0.05, 0.1) is 16.7 Å². The van der Waals surface area contributed by atoms with E-state index in [9.17, 15) is 4.79 Å². The number of hydrogen-bond acceptors (Lipinski definition) is 4. The minimum Gasteiger partial charge on any atom is -0.382 e. The number of aromatic nitrogens is 2. The molecule has 0 aliphatic carbocycles. The zero-order chi connectivity index (χ0) is 16.7. The summed E-state index contributed by atoms with van der Waals surface area (Å²) in [5, 5.41) is 1.82. The predicted molar refractivity (Wildman–Crippen MR) is 96.3 cm³/mol. The first-order valence-electron chi connectivity index (χ1n) is 7.47. The minimum absolute atomic E-state index is 0.0462. The van der Waals surface area contributed by atoms with Gasteiger partial charge in [-0.1, -0.05) is 29.3 Å².